The van der Waals surface area contributed by atoms with Crippen molar-refractivity contribution in [1.82, 2.24) is 4.90 Å². The smallest absolute Gasteiger partial charge is 0.335 e. The maximum absolute atomic E-state index is 12.0. The maximum Gasteiger partial charge on any atom is 0.335 e. The molecule has 1 aromatic rings. The van der Waals surface area contributed by atoms with E-state index in [2.05, 4.69) is 5.32 Å². The summed E-state index contributed by atoms with van der Waals surface area (Å²) in [6, 6.07) is 4.37. The molecule has 0 bridgehead atoms. The summed E-state index contributed by atoms with van der Waals surface area (Å²) in [6.07, 6.45) is 2.02. The first-order valence-electron chi connectivity index (χ1n) is 5.98. The molecule has 2 N–H and O–H groups in total. The number of carbonyl (C=O) groups is 2. The van der Waals surface area contributed by atoms with E-state index >= 15 is 0 Å². The van der Waals surface area contributed by atoms with Gasteiger partial charge in [0.05, 0.1) is 18.4 Å². The number of amides is 2. The van der Waals surface area contributed by atoms with E-state index in [4.69, 9.17) is 9.84 Å². The summed E-state index contributed by atoms with van der Waals surface area (Å²) >= 11 is 0. The average molecular weight is 264 g/mol. The van der Waals surface area contributed by atoms with Gasteiger partial charge >= 0.3 is 12.0 Å². The van der Waals surface area contributed by atoms with Crippen molar-refractivity contribution in [3.8, 4) is 5.75 Å². The Hall–Kier alpha value is -2.24. The van der Waals surface area contributed by atoms with Gasteiger partial charge in [-0.2, -0.15) is 0 Å². The first-order chi connectivity index (χ1) is 9.02. The molecule has 6 nitrogen and oxygen atoms in total. The fraction of sp³-hybridized carbons (Fsp3) is 0.385. The van der Waals surface area contributed by atoms with Crippen molar-refractivity contribution in [3.63, 3.8) is 0 Å². The molecule has 1 aliphatic rings. The highest BCUT2D eigenvalue weighted by Crippen LogP contribution is 2.29. The van der Waals surface area contributed by atoms with Crippen molar-refractivity contribution in [2.75, 3.05) is 19.5 Å². The molecular weight excluding hydrogens is 248 g/mol. The number of urea groups is 1. The second kappa shape index (κ2) is 5.17. The fourth-order valence-electron chi connectivity index (χ4n) is 1.77. The topological polar surface area (TPSA) is 78.9 Å². The van der Waals surface area contributed by atoms with Crippen LogP contribution in [0.5, 0.6) is 5.75 Å². The Kier molecular flexibility index (Phi) is 3.59. The van der Waals surface area contributed by atoms with Gasteiger partial charge in [0.15, 0.2) is 0 Å². The maximum atomic E-state index is 12.0. The Balaban J connectivity index is 2.19. The molecule has 0 aromatic heterocycles. The third kappa shape index (κ3) is 2.96. The van der Waals surface area contributed by atoms with Crippen molar-refractivity contribution in [1.29, 1.82) is 0 Å². The monoisotopic (exact) mass is 264 g/mol. The van der Waals surface area contributed by atoms with Crippen LogP contribution in [0.2, 0.25) is 0 Å². The second-order valence-corrected chi connectivity index (χ2v) is 4.49. The largest absolute Gasteiger partial charge is 0.495 e. The van der Waals surface area contributed by atoms with Gasteiger partial charge in [-0.05, 0) is 31.0 Å². The number of benzene rings is 1. The number of carbonyl (C=O) groups excluding carboxylic acids is 1. The number of nitrogens with one attached hydrogen (secondary N) is 1. The highest BCUT2D eigenvalue weighted by atomic mass is 16.5. The van der Waals surface area contributed by atoms with Crippen LogP contribution in [0, 0.1) is 0 Å². The van der Waals surface area contributed by atoms with E-state index in [1.165, 1.54) is 25.3 Å². The fourth-order valence-corrected chi connectivity index (χ4v) is 1.77. The molecule has 0 aliphatic heterocycles. The minimum absolute atomic E-state index is 0.102. The predicted molar refractivity (Wildman–Crippen MR) is 69.8 cm³/mol. The van der Waals surface area contributed by atoms with Crippen molar-refractivity contribution >= 4 is 17.7 Å². The summed E-state index contributed by atoms with van der Waals surface area (Å²) in [6.45, 7) is 0. The number of ether oxygens (including phenoxy) is 1. The minimum atomic E-state index is -1.05. The third-order valence-electron chi connectivity index (χ3n) is 3.10. The summed E-state index contributed by atoms with van der Waals surface area (Å²) in [5.41, 5.74) is 0.463. The lowest BCUT2D eigenvalue weighted by Gasteiger charge is -2.18. The summed E-state index contributed by atoms with van der Waals surface area (Å²) in [7, 11) is 3.19. The van der Waals surface area contributed by atoms with Gasteiger partial charge in [0.1, 0.15) is 5.75 Å². The number of nitrogens with zero attached hydrogens (tertiary/aromatic N) is 1. The summed E-state index contributed by atoms with van der Waals surface area (Å²) < 4.78 is 5.11. The molecule has 2 amide bonds. The zero-order valence-electron chi connectivity index (χ0n) is 10.8. The summed E-state index contributed by atoms with van der Waals surface area (Å²) in [5.74, 6) is -0.615. The molecule has 1 saturated carbocycles. The molecule has 102 valence electrons. The first kappa shape index (κ1) is 13.2. The molecule has 0 radical (unpaired) electrons. The molecule has 2 rings (SSSR count). The third-order valence-corrected chi connectivity index (χ3v) is 3.10. The predicted octanol–water partition coefficient (Wildman–Crippen LogP) is 2.02. The lowest BCUT2D eigenvalue weighted by Crippen LogP contribution is -2.33. The number of aromatic carboxylic acids is 1. The molecule has 1 fully saturated rings. The highest BCUT2D eigenvalue weighted by molar-refractivity contribution is 5.95. The number of carboxylic acid groups (broad SMARTS) is 1. The Bertz CT molecular complexity index is 511. The second-order valence-electron chi connectivity index (χ2n) is 4.49. The SMILES string of the molecule is COc1ccc(C(=O)O)cc1NC(=O)N(C)C1CC1. The normalized spacial score (nSPS) is 13.8. The van der Waals surface area contributed by atoms with Gasteiger partial charge in [-0.1, -0.05) is 0 Å². The van der Waals surface area contributed by atoms with Gasteiger partial charge in [-0.3, -0.25) is 0 Å². The van der Waals surface area contributed by atoms with Crippen molar-refractivity contribution < 1.29 is 19.4 Å². The molecule has 0 atom stereocenters. The van der Waals surface area contributed by atoms with Crippen LogP contribution in [0.1, 0.15) is 23.2 Å². The van der Waals surface area contributed by atoms with E-state index in [1.807, 2.05) is 0 Å². The molecule has 6 heteroatoms. The van der Waals surface area contributed by atoms with Gasteiger partial charge in [0.2, 0.25) is 0 Å². The molecule has 19 heavy (non-hydrogen) atoms. The molecule has 0 spiro atoms. The van der Waals surface area contributed by atoms with E-state index in [0.29, 0.717) is 11.4 Å². The molecule has 0 heterocycles. The van der Waals surface area contributed by atoms with Gasteiger partial charge in [0, 0.05) is 13.1 Å². The van der Waals surface area contributed by atoms with Crippen LogP contribution in [0.3, 0.4) is 0 Å². The van der Waals surface area contributed by atoms with E-state index in [0.717, 1.165) is 12.8 Å². The van der Waals surface area contributed by atoms with Crippen molar-refractivity contribution in [2.45, 2.75) is 18.9 Å². The van der Waals surface area contributed by atoms with Crippen LogP contribution < -0.4 is 10.1 Å². The van der Waals surface area contributed by atoms with Crippen LogP contribution >= 0.6 is 0 Å². The average Bonchev–Trinajstić information content (AvgIpc) is 3.21. The van der Waals surface area contributed by atoms with Crippen LogP contribution in [0.25, 0.3) is 0 Å². The van der Waals surface area contributed by atoms with Crippen LogP contribution in [0.4, 0.5) is 10.5 Å². The van der Waals surface area contributed by atoms with Crippen molar-refractivity contribution in [3.05, 3.63) is 23.8 Å². The number of rotatable bonds is 4. The van der Waals surface area contributed by atoms with Crippen LogP contribution in [-0.4, -0.2) is 42.2 Å². The number of hydrogen-bond donors (Lipinski definition) is 2. The van der Waals surface area contributed by atoms with Gasteiger partial charge in [0.25, 0.3) is 0 Å². The summed E-state index contributed by atoms with van der Waals surface area (Å²) in [5, 5.41) is 11.6. The lowest BCUT2D eigenvalue weighted by molar-refractivity contribution is 0.0697. The number of anilines is 1. The van der Waals surface area contributed by atoms with E-state index in [-0.39, 0.29) is 17.6 Å². The Morgan fingerprint density at radius 3 is 2.63 bits per heavy atom. The summed E-state index contributed by atoms with van der Waals surface area (Å²) in [4.78, 5) is 24.5. The zero-order valence-corrected chi connectivity index (χ0v) is 10.8. The molecule has 0 unspecified atom stereocenters. The Labute approximate surface area is 111 Å². The van der Waals surface area contributed by atoms with Crippen LogP contribution in [0.15, 0.2) is 18.2 Å². The molecular formula is C13H16N2O4. The van der Waals surface area contributed by atoms with E-state index in [1.54, 1.807) is 11.9 Å². The van der Waals surface area contributed by atoms with E-state index in [9.17, 15) is 9.59 Å². The quantitative estimate of drug-likeness (QED) is 0.872. The van der Waals surface area contributed by atoms with Gasteiger partial charge in [-0.25, -0.2) is 9.59 Å². The Morgan fingerprint density at radius 2 is 2.11 bits per heavy atom. The number of carboxylic acids is 1. The first-order valence-corrected chi connectivity index (χ1v) is 5.98. The molecule has 1 aromatic carbocycles. The Morgan fingerprint density at radius 1 is 1.42 bits per heavy atom. The van der Waals surface area contributed by atoms with Gasteiger partial charge < -0.3 is 20.1 Å². The zero-order chi connectivity index (χ0) is 14.0. The minimum Gasteiger partial charge on any atom is -0.495 e. The van der Waals surface area contributed by atoms with Gasteiger partial charge in [-0.15, -0.1) is 0 Å². The highest BCUT2D eigenvalue weighted by Gasteiger charge is 2.29. The molecule has 1 aliphatic carbocycles. The number of hydrogen-bond acceptors (Lipinski definition) is 3. The van der Waals surface area contributed by atoms with E-state index < -0.39 is 5.97 Å². The standard InChI is InChI=1S/C13H16N2O4/c1-15(9-4-5-9)13(18)14-10-7-8(12(16)17)3-6-11(10)19-2/h3,6-7,9H,4-5H2,1-2H3,(H,14,18)(H,16,17). The van der Waals surface area contributed by atoms with Crippen LogP contribution in [-0.2, 0) is 0 Å². The molecule has 0 saturated heterocycles. The lowest BCUT2D eigenvalue weighted by atomic mass is 10.2. The number of methoxy groups -OCH3 is 1. The van der Waals surface area contributed by atoms with Crippen molar-refractivity contribution in [2.24, 2.45) is 0 Å².